The maximum atomic E-state index is 2.46. The molecule has 14 aromatic rings. The van der Waals surface area contributed by atoms with Gasteiger partial charge in [0.2, 0.25) is 0 Å². The van der Waals surface area contributed by atoms with Gasteiger partial charge in [-0.1, -0.05) is 255 Å². The zero-order chi connectivity index (χ0) is 53.2. The van der Waals surface area contributed by atoms with Gasteiger partial charge in [0.15, 0.2) is 0 Å². The molecule has 0 saturated carbocycles. The van der Waals surface area contributed by atoms with Crippen molar-refractivity contribution in [1.29, 1.82) is 0 Å². The summed E-state index contributed by atoms with van der Waals surface area (Å²) in [6, 6.07) is 119. The van der Waals surface area contributed by atoms with E-state index in [1.165, 1.54) is 71.3 Å². The second kappa shape index (κ2) is 21.1. The normalized spacial score (nSPS) is 11.2. The van der Waals surface area contributed by atoms with Gasteiger partial charge in [0, 0.05) is 33.5 Å². The zero-order valence-electron chi connectivity index (χ0n) is 44.1. The maximum absolute atomic E-state index is 2.46. The molecule has 0 heterocycles. The predicted octanol–water partition coefficient (Wildman–Crippen LogP) is 22.1. The van der Waals surface area contributed by atoms with Gasteiger partial charge < -0.3 is 9.80 Å². The Kier molecular flexibility index (Phi) is 12.6. The standard InChI is InChI=1S/C78H54N2/c1-4-18-55(19-5-1)58-38-44-69(45-39-58)79(72-52-66(56-20-6-2-7-21-56)51-67(53-72)57-22-8-3-9-23-57)70-46-40-59(41-47-70)60-42-48-71(49-43-60)80(77-33-17-28-63-25-11-14-30-75(63)77)78-54-68(50-65-26-12-15-31-76(65)78)61-34-36-64(37-35-61)74-32-16-27-62-24-10-13-29-73(62)74/h1-54H. The molecular formula is C78H54N2. The largest absolute Gasteiger partial charge is 0.310 e. The second-order valence-corrected chi connectivity index (χ2v) is 20.5. The van der Waals surface area contributed by atoms with Crippen LogP contribution in [0.3, 0.4) is 0 Å². The second-order valence-electron chi connectivity index (χ2n) is 20.5. The molecule has 0 bridgehead atoms. The summed E-state index contributed by atoms with van der Waals surface area (Å²) in [5.41, 5.74) is 20.6. The highest BCUT2D eigenvalue weighted by Gasteiger charge is 2.21. The fourth-order valence-corrected chi connectivity index (χ4v) is 11.6. The summed E-state index contributed by atoms with van der Waals surface area (Å²) in [7, 11) is 0. The van der Waals surface area contributed by atoms with Gasteiger partial charge in [0.25, 0.3) is 0 Å². The van der Waals surface area contributed by atoms with Crippen LogP contribution in [0.5, 0.6) is 0 Å². The molecule has 0 N–H and O–H groups in total. The van der Waals surface area contributed by atoms with Crippen LogP contribution in [0.1, 0.15) is 0 Å². The average molecular weight is 1020 g/mol. The molecule has 0 aromatic heterocycles. The number of nitrogens with zero attached hydrogens (tertiary/aromatic N) is 2. The van der Waals surface area contributed by atoms with Gasteiger partial charge in [-0.2, -0.15) is 0 Å². The minimum Gasteiger partial charge on any atom is -0.310 e. The first kappa shape index (κ1) is 47.9. The molecule has 0 radical (unpaired) electrons. The molecule has 376 valence electrons. The van der Waals surface area contributed by atoms with Crippen molar-refractivity contribution in [2.24, 2.45) is 0 Å². The third kappa shape index (κ3) is 9.36. The van der Waals surface area contributed by atoms with E-state index in [4.69, 9.17) is 0 Å². The van der Waals surface area contributed by atoms with Crippen LogP contribution < -0.4 is 9.80 Å². The summed E-state index contributed by atoms with van der Waals surface area (Å²) in [6.45, 7) is 0. The maximum Gasteiger partial charge on any atom is 0.0546 e. The molecule has 0 aliphatic rings. The highest BCUT2D eigenvalue weighted by atomic mass is 15.1. The third-order valence-corrected chi connectivity index (χ3v) is 15.6. The van der Waals surface area contributed by atoms with Crippen molar-refractivity contribution in [3.63, 3.8) is 0 Å². The summed E-state index contributed by atoms with van der Waals surface area (Å²) in [5.74, 6) is 0. The van der Waals surface area contributed by atoms with Gasteiger partial charge in [-0.15, -0.1) is 0 Å². The molecule has 0 saturated heterocycles. The van der Waals surface area contributed by atoms with Gasteiger partial charge in [-0.25, -0.2) is 0 Å². The quantitative estimate of drug-likeness (QED) is 0.120. The summed E-state index contributed by atoms with van der Waals surface area (Å²) < 4.78 is 0. The number of fused-ring (bicyclic) bond motifs is 3. The van der Waals surface area contributed by atoms with Gasteiger partial charge in [-0.3, -0.25) is 0 Å². The molecule has 0 aliphatic carbocycles. The van der Waals surface area contributed by atoms with Crippen LogP contribution in [0.25, 0.3) is 99.1 Å². The molecule has 14 aromatic carbocycles. The van der Waals surface area contributed by atoms with E-state index in [2.05, 4.69) is 337 Å². The number of hydrogen-bond acceptors (Lipinski definition) is 2. The number of anilines is 6. The third-order valence-electron chi connectivity index (χ3n) is 15.6. The van der Waals surface area contributed by atoms with Gasteiger partial charge in [0.05, 0.1) is 11.4 Å². The molecule has 0 spiro atoms. The molecule has 14 rings (SSSR count). The van der Waals surface area contributed by atoms with Crippen LogP contribution in [-0.2, 0) is 0 Å². The molecule has 0 aliphatic heterocycles. The molecule has 2 heteroatoms. The first-order chi connectivity index (χ1) is 39.6. The highest BCUT2D eigenvalue weighted by Crippen LogP contribution is 2.46. The van der Waals surface area contributed by atoms with E-state index in [9.17, 15) is 0 Å². The van der Waals surface area contributed by atoms with E-state index in [1.54, 1.807) is 0 Å². The molecule has 80 heavy (non-hydrogen) atoms. The monoisotopic (exact) mass is 1020 g/mol. The first-order valence-electron chi connectivity index (χ1n) is 27.5. The Balaban J connectivity index is 0.852. The summed E-state index contributed by atoms with van der Waals surface area (Å²) in [4.78, 5) is 4.85. The van der Waals surface area contributed by atoms with E-state index in [0.717, 1.165) is 61.9 Å². The summed E-state index contributed by atoms with van der Waals surface area (Å²) in [5, 5.41) is 7.25. The Hall–Kier alpha value is -10.5. The molecule has 0 atom stereocenters. The van der Waals surface area contributed by atoms with E-state index in [-0.39, 0.29) is 0 Å². The lowest BCUT2D eigenvalue weighted by atomic mass is 9.94. The lowest BCUT2D eigenvalue weighted by Gasteiger charge is -2.29. The molecule has 0 fully saturated rings. The lowest BCUT2D eigenvalue weighted by molar-refractivity contribution is 1.28. The van der Waals surface area contributed by atoms with Crippen molar-refractivity contribution in [2.75, 3.05) is 9.80 Å². The summed E-state index contributed by atoms with van der Waals surface area (Å²) >= 11 is 0. The van der Waals surface area contributed by atoms with E-state index in [0.29, 0.717) is 0 Å². The molecular weight excluding hydrogens is 965 g/mol. The number of benzene rings is 14. The smallest absolute Gasteiger partial charge is 0.0546 e. The van der Waals surface area contributed by atoms with Crippen molar-refractivity contribution < 1.29 is 0 Å². The Morgan fingerprint density at radius 2 is 0.512 bits per heavy atom. The predicted molar refractivity (Wildman–Crippen MR) is 341 cm³/mol. The van der Waals surface area contributed by atoms with Crippen LogP contribution >= 0.6 is 0 Å². The number of hydrogen-bond donors (Lipinski definition) is 0. The van der Waals surface area contributed by atoms with Gasteiger partial charge >= 0.3 is 0 Å². The Morgan fingerprint density at radius 3 is 1.05 bits per heavy atom. The lowest BCUT2D eigenvalue weighted by Crippen LogP contribution is -2.11. The molecule has 0 amide bonds. The van der Waals surface area contributed by atoms with Crippen molar-refractivity contribution in [2.45, 2.75) is 0 Å². The van der Waals surface area contributed by atoms with Gasteiger partial charge in [0.1, 0.15) is 0 Å². The van der Waals surface area contributed by atoms with E-state index in [1.807, 2.05) is 0 Å². The van der Waals surface area contributed by atoms with Crippen LogP contribution in [0, 0.1) is 0 Å². The Labute approximate surface area is 468 Å². The fourth-order valence-electron chi connectivity index (χ4n) is 11.6. The zero-order valence-corrected chi connectivity index (χ0v) is 44.1. The Bertz CT molecular complexity index is 4410. The minimum atomic E-state index is 1.07. The van der Waals surface area contributed by atoms with E-state index < -0.39 is 0 Å². The van der Waals surface area contributed by atoms with Crippen molar-refractivity contribution in [3.05, 3.63) is 328 Å². The van der Waals surface area contributed by atoms with Crippen molar-refractivity contribution >= 4 is 66.4 Å². The SMILES string of the molecule is c1ccc(-c2ccc(N(c3ccc(-c4ccc(N(c5cccc6ccccc56)c5cc(-c6ccc(-c7cccc8ccccc78)cc6)cc6ccccc56)cc4)cc3)c3cc(-c4ccccc4)cc(-c4ccccc4)c3)cc2)cc1. The molecule has 0 unspecified atom stereocenters. The van der Waals surface area contributed by atoms with Gasteiger partial charge in [-0.05, 0) is 161 Å². The van der Waals surface area contributed by atoms with Crippen LogP contribution in [-0.4, -0.2) is 0 Å². The molecule has 2 nitrogen and oxygen atoms in total. The van der Waals surface area contributed by atoms with Crippen molar-refractivity contribution in [3.8, 4) is 66.8 Å². The summed E-state index contributed by atoms with van der Waals surface area (Å²) in [6.07, 6.45) is 0. The highest BCUT2D eigenvalue weighted by molar-refractivity contribution is 6.07. The topological polar surface area (TPSA) is 6.48 Å². The van der Waals surface area contributed by atoms with Crippen LogP contribution in [0.2, 0.25) is 0 Å². The van der Waals surface area contributed by atoms with Crippen LogP contribution in [0.4, 0.5) is 34.1 Å². The van der Waals surface area contributed by atoms with Crippen LogP contribution in [0.15, 0.2) is 328 Å². The van der Waals surface area contributed by atoms with E-state index >= 15 is 0 Å². The number of rotatable bonds is 12. The van der Waals surface area contributed by atoms with Crippen molar-refractivity contribution in [1.82, 2.24) is 0 Å². The minimum absolute atomic E-state index is 1.07. The fraction of sp³-hybridized carbons (Fsp3) is 0. The average Bonchev–Trinajstić information content (AvgIpc) is 3.57. The first-order valence-corrected chi connectivity index (χ1v) is 27.5. The Morgan fingerprint density at radius 1 is 0.163 bits per heavy atom.